The zero-order chi connectivity index (χ0) is 24.3. The van der Waals surface area contributed by atoms with E-state index < -0.39 is 41.4 Å². The fourth-order valence-electron chi connectivity index (χ4n) is 2.53. The maximum absolute atomic E-state index is 14.0. The molecule has 0 aliphatic rings. The van der Waals surface area contributed by atoms with Gasteiger partial charge >= 0.3 is 12.3 Å². The third-order valence-electron chi connectivity index (χ3n) is 3.85. The number of amides is 2. The van der Waals surface area contributed by atoms with Crippen LogP contribution in [0.4, 0.5) is 28.0 Å². The monoisotopic (exact) mass is 474 g/mol. The molecule has 2 N–H and O–H groups in total. The molecular weight excluding hydrogens is 456 g/mol. The topological polar surface area (TPSA) is 84.5 Å². The van der Waals surface area contributed by atoms with Crippen molar-refractivity contribution in [1.82, 2.24) is 5.32 Å². The molecular formula is C21H19ClF4N2O4. The summed E-state index contributed by atoms with van der Waals surface area (Å²) >= 11 is 5.88. The van der Waals surface area contributed by atoms with Gasteiger partial charge < -0.3 is 15.4 Å². The Morgan fingerprint density at radius 1 is 1.00 bits per heavy atom. The number of nitrogens with one attached hydrogen (secondary N) is 2. The van der Waals surface area contributed by atoms with E-state index in [0.717, 1.165) is 18.2 Å². The minimum absolute atomic E-state index is 0.0296. The van der Waals surface area contributed by atoms with Gasteiger partial charge in [-0.25, -0.2) is 9.18 Å². The number of benzene rings is 2. The molecule has 0 aliphatic carbocycles. The number of carbonyl (C=O) groups excluding carboxylic acids is 3. The van der Waals surface area contributed by atoms with Crippen molar-refractivity contribution in [1.29, 1.82) is 0 Å². The average Bonchev–Trinajstić information content (AvgIpc) is 2.65. The molecule has 0 fully saturated rings. The molecule has 0 bridgehead atoms. The van der Waals surface area contributed by atoms with E-state index in [-0.39, 0.29) is 21.8 Å². The fourth-order valence-corrected chi connectivity index (χ4v) is 2.70. The van der Waals surface area contributed by atoms with Crippen LogP contribution in [-0.4, -0.2) is 35.6 Å². The van der Waals surface area contributed by atoms with Crippen molar-refractivity contribution in [2.45, 2.75) is 38.6 Å². The summed E-state index contributed by atoms with van der Waals surface area (Å²) < 4.78 is 59.1. The first kappa shape index (κ1) is 25.1. The van der Waals surface area contributed by atoms with Crippen molar-refractivity contribution >= 4 is 35.1 Å². The van der Waals surface area contributed by atoms with Gasteiger partial charge in [-0.1, -0.05) is 23.7 Å². The normalized spacial score (nSPS) is 12.6. The van der Waals surface area contributed by atoms with E-state index in [0.29, 0.717) is 0 Å². The van der Waals surface area contributed by atoms with Crippen molar-refractivity contribution in [3.05, 3.63) is 64.4 Å². The summed E-state index contributed by atoms with van der Waals surface area (Å²) in [5.41, 5.74) is -2.17. The van der Waals surface area contributed by atoms with Gasteiger partial charge in [0.05, 0.1) is 11.3 Å². The van der Waals surface area contributed by atoms with Crippen LogP contribution in [0.25, 0.3) is 0 Å². The van der Waals surface area contributed by atoms with Gasteiger partial charge in [0.2, 0.25) is 6.04 Å². The van der Waals surface area contributed by atoms with Crippen molar-refractivity contribution in [2.75, 3.05) is 5.32 Å². The zero-order valence-electron chi connectivity index (χ0n) is 17.1. The third-order valence-corrected chi connectivity index (χ3v) is 4.09. The Balaban J connectivity index is 2.35. The van der Waals surface area contributed by atoms with E-state index in [1.165, 1.54) is 50.4 Å². The molecule has 2 aromatic rings. The number of hydrogen-bond donors (Lipinski definition) is 2. The second-order valence-corrected chi connectivity index (χ2v) is 8.05. The van der Waals surface area contributed by atoms with Gasteiger partial charge in [0.1, 0.15) is 11.4 Å². The lowest BCUT2D eigenvalue weighted by atomic mass is 10.0. The Labute approximate surface area is 185 Å². The predicted molar refractivity (Wildman–Crippen MR) is 109 cm³/mol. The van der Waals surface area contributed by atoms with Crippen LogP contribution in [0.1, 0.15) is 36.7 Å². The van der Waals surface area contributed by atoms with Crippen LogP contribution in [-0.2, 0) is 9.53 Å². The summed E-state index contributed by atoms with van der Waals surface area (Å²) in [5.74, 6) is -3.47. The SMILES string of the molecule is CC(C)(C)OC(=O)NC(C(=O)Nc1ccc(Cl)cc1C(=O)c1ccccc1F)C(F)(F)F. The first-order valence-electron chi connectivity index (χ1n) is 9.15. The number of alkyl halides is 3. The highest BCUT2D eigenvalue weighted by atomic mass is 35.5. The summed E-state index contributed by atoms with van der Waals surface area (Å²) in [7, 11) is 0. The van der Waals surface area contributed by atoms with E-state index >= 15 is 0 Å². The van der Waals surface area contributed by atoms with Crippen LogP contribution >= 0.6 is 11.6 Å². The van der Waals surface area contributed by atoms with E-state index in [2.05, 4.69) is 0 Å². The van der Waals surface area contributed by atoms with Crippen molar-refractivity contribution in [3.63, 3.8) is 0 Å². The first-order chi connectivity index (χ1) is 14.7. The Kier molecular flexibility index (Phi) is 7.50. The van der Waals surface area contributed by atoms with Gasteiger partial charge in [0, 0.05) is 10.6 Å². The molecule has 1 unspecified atom stereocenters. The van der Waals surface area contributed by atoms with Gasteiger partial charge in [-0.05, 0) is 51.1 Å². The molecule has 0 aromatic heterocycles. The van der Waals surface area contributed by atoms with Crippen LogP contribution in [0.5, 0.6) is 0 Å². The van der Waals surface area contributed by atoms with Gasteiger partial charge in [0.25, 0.3) is 5.91 Å². The van der Waals surface area contributed by atoms with E-state index in [4.69, 9.17) is 16.3 Å². The van der Waals surface area contributed by atoms with Crippen LogP contribution in [0.15, 0.2) is 42.5 Å². The summed E-state index contributed by atoms with van der Waals surface area (Å²) in [4.78, 5) is 37.0. The van der Waals surface area contributed by atoms with Gasteiger partial charge in [-0.3, -0.25) is 9.59 Å². The van der Waals surface area contributed by atoms with Crippen molar-refractivity contribution in [2.24, 2.45) is 0 Å². The average molecular weight is 475 g/mol. The molecule has 0 saturated heterocycles. The third kappa shape index (κ3) is 6.68. The number of anilines is 1. The highest BCUT2D eigenvalue weighted by Gasteiger charge is 2.47. The maximum Gasteiger partial charge on any atom is 0.417 e. The molecule has 0 spiro atoms. The minimum Gasteiger partial charge on any atom is -0.444 e. The summed E-state index contributed by atoms with van der Waals surface area (Å²) in [6.07, 6.45) is -6.64. The number of ketones is 1. The number of hydrogen-bond acceptors (Lipinski definition) is 4. The number of carbonyl (C=O) groups is 3. The fraction of sp³-hybridized carbons (Fsp3) is 0.286. The van der Waals surface area contributed by atoms with Crippen LogP contribution in [0.3, 0.4) is 0 Å². The molecule has 0 heterocycles. The van der Waals surface area contributed by atoms with Gasteiger partial charge in [0.15, 0.2) is 5.78 Å². The predicted octanol–water partition coefficient (Wildman–Crippen LogP) is 5.10. The van der Waals surface area contributed by atoms with Crippen LogP contribution in [0, 0.1) is 5.82 Å². The van der Waals surface area contributed by atoms with Crippen LogP contribution in [0.2, 0.25) is 5.02 Å². The van der Waals surface area contributed by atoms with Crippen molar-refractivity contribution in [3.8, 4) is 0 Å². The Morgan fingerprint density at radius 3 is 2.19 bits per heavy atom. The first-order valence-corrected chi connectivity index (χ1v) is 9.52. The second kappa shape index (κ2) is 9.56. The quantitative estimate of drug-likeness (QED) is 0.466. The Morgan fingerprint density at radius 2 is 1.62 bits per heavy atom. The molecule has 0 aliphatic heterocycles. The molecule has 11 heteroatoms. The number of halogens is 5. The highest BCUT2D eigenvalue weighted by Crippen LogP contribution is 2.27. The molecule has 6 nitrogen and oxygen atoms in total. The second-order valence-electron chi connectivity index (χ2n) is 7.61. The molecule has 2 aromatic carbocycles. The number of ether oxygens (including phenoxy) is 1. The molecule has 1 atom stereocenters. The summed E-state index contributed by atoms with van der Waals surface area (Å²) in [6, 6.07) is 5.36. The zero-order valence-corrected chi connectivity index (χ0v) is 17.9. The van der Waals surface area contributed by atoms with E-state index in [1.807, 2.05) is 5.32 Å². The van der Waals surface area contributed by atoms with Crippen LogP contribution < -0.4 is 10.6 Å². The lowest BCUT2D eigenvalue weighted by Crippen LogP contribution is -2.54. The smallest absolute Gasteiger partial charge is 0.417 e. The van der Waals surface area contributed by atoms with Crippen molar-refractivity contribution < 1.29 is 36.7 Å². The van der Waals surface area contributed by atoms with Gasteiger partial charge in [-0.2, -0.15) is 13.2 Å². The molecule has 32 heavy (non-hydrogen) atoms. The standard InChI is InChI=1S/C21H19ClF4N2O4/c1-20(2,3)32-19(31)28-17(21(24,25)26)18(30)27-15-9-8-11(22)10-13(15)16(29)12-6-4-5-7-14(12)23/h4-10,17H,1-3H3,(H,27,30)(H,28,31). The summed E-state index contributed by atoms with van der Waals surface area (Å²) in [5, 5.41) is 3.45. The maximum atomic E-state index is 14.0. The number of rotatable bonds is 5. The minimum atomic E-state index is -5.18. The highest BCUT2D eigenvalue weighted by molar-refractivity contribution is 6.31. The molecule has 2 rings (SSSR count). The van der Waals surface area contributed by atoms with E-state index in [1.54, 1.807) is 0 Å². The van der Waals surface area contributed by atoms with E-state index in [9.17, 15) is 31.9 Å². The largest absolute Gasteiger partial charge is 0.444 e. The Bertz CT molecular complexity index is 1040. The Hall–Kier alpha value is -3.14. The lowest BCUT2D eigenvalue weighted by molar-refractivity contribution is -0.164. The molecule has 0 saturated carbocycles. The number of alkyl carbamates (subject to hydrolysis) is 1. The molecule has 0 radical (unpaired) electrons. The molecule has 172 valence electrons. The lowest BCUT2D eigenvalue weighted by Gasteiger charge is -2.24. The summed E-state index contributed by atoms with van der Waals surface area (Å²) in [6.45, 7) is 4.30. The van der Waals surface area contributed by atoms with Gasteiger partial charge in [-0.15, -0.1) is 0 Å². The molecule has 2 amide bonds.